The van der Waals surface area contributed by atoms with Crippen molar-refractivity contribution >= 4 is 10.9 Å². The van der Waals surface area contributed by atoms with E-state index >= 15 is 0 Å². The number of pyridine rings is 1. The molecule has 2 aromatic rings. The SMILES string of the molecule is CNCc1cnc2c(OC(C)C)cccc2c1. The van der Waals surface area contributed by atoms with Crippen LogP contribution in [0.3, 0.4) is 0 Å². The molecular weight excluding hydrogens is 212 g/mol. The molecule has 0 fully saturated rings. The predicted octanol–water partition coefficient (Wildman–Crippen LogP) is 2.74. The molecule has 0 atom stereocenters. The molecule has 0 aliphatic heterocycles. The third kappa shape index (κ3) is 2.74. The molecule has 1 heterocycles. The van der Waals surface area contributed by atoms with Crippen LogP contribution in [-0.2, 0) is 6.54 Å². The van der Waals surface area contributed by atoms with Gasteiger partial charge in [-0.15, -0.1) is 0 Å². The molecule has 0 aliphatic carbocycles. The van der Waals surface area contributed by atoms with E-state index in [9.17, 15) is 0 Å². The van der Waals surface area contributed by atoms with Crippen molar-refractivity contribution in [1.29, 1.82) is 0 Å². The van der Waals surface area contributed by atoms with Crippen LogP contribution in [0, 0.1) is 0 Å². The van der Waals surface area contributed by atoms with Crippen molar-refractivity contribution in [3.8, 4) is 5.75 Å². The zero-order valence-corrected chi connectivity index (χ0v) is 10.5. The van der Waals surface area contributed by atoms with Crippen molar-refractivity contribution in [2.45, 2.75) is 26.5 Å². The van der Waals surface area contributed by atoms with Gasteiger partial charge in [0.15, 0.2) is 0 Å². The first-order valence-corrected chi connectivity index (χ1v) is 5.89. The molecule has 0 radical (unpaired) electrons. The molecule has 1 N–H and O–H groups in total. The van der Waals surface area contributed by atoms with Crippen LogP contribution in [0.4, 0.5) is 0 Å². The number of rotatable bonds is 4. The van der Waals surface area contributed by atoms with E-state index < -0.39 is 0 Å². The number of hydrogen-bond acceptors (Lipinski definition) is 3. The molecule has 0 saturated heterocycles. The van der Waals surface area contributed by atoms with Crippen LogP contribution < -0.4 is 10.1 Å². The van der Waals surface area contributed by atoms with E-state index in [1.807, 2.05) is 39.2 Å². The summed E-state index contributed by atoms with van der Waals surface area (Å²) in [5.41, 5.74) is 2.11. The molecule has 0 aliphatic rings. The van der Waals surface area contributed by atoms with Gasteiger partial charge in [-0.3, -0.25) is 4.98 Å². The molecule has 1 aromatic heterocycles. The lowest BCUT2D eigenvalue weighted by atomic mass is 10.1. The van der Waals surface area contributed by atoms with Gasteiger partial charge in [-0.25, -0.2) is 0 Å². The van der Waals surface area contributed by atoms with E-state index in [1.165, 1.54) is 5.56 Å². The van der Waals surface area contributed by atoms with Crippen LogP contribution in [0.1, 0.15) is 19.4 Å². The monoisotopic (exact) mass is 230 g/mol. The summed E-state index contributed by atoms with van der Waals surface area (Å²) in [6.45, 7) is 4.88. The normalized spacial score (nSPS) is 11.1. The van der Waals surface area contributed by atoms with Gasteiger partial charge in [0.1, 0.15) is 11.3 Å². The van der Waals surface area contributed by atoms with E-state index in [1.54, 1.807) is 0 Å². The van der Waals surface area contributed by atoms with Gasteiger partial charge in [-0.1, -0.05) is 12.1 Å². The Bertz CT molecular complexity index is 509. The van der Waals surface area contributed by atoms with E-state index in [0.717, 1.165) is 23.2 Å². The molecule has 1 aromatic carbocycles. The number of ether oxygens (including phenoxy) is 1. The number of aromatic nitrogens is 1. The van der Waals surface area contributed by atoms with Gasteiger partial charge in [0.05, 0.1) is 6.10 Å². The average Bonchev–Trinajstić information content (AvgIpc) is 2.29. The molecular formula is C14H18N2O. The number of para-hydroxylation sites is 1. The first-order valence-electron chi connectivity index (χ1n) is 5.89. The minimum Gasteiger partial charge on any atom is -0.489 e. The van der Waals surface area contributed by atoms with E-state index in [2.05, 4.69) is 22.4 Å². The minimum absolute atomic E-state index is 0.166. The second kappa shape index (κ2) is 5.15. The summed E-state index contributed by atoms with van der Waals surface area (Å²) in [4.78, 5) is 4.49. The fourth-order valence-electron chi connectivity index (χ4n) is 1.83. The fourth-order valence-corrected chi connectivity index (χ4v) is 1.83. The summed E-state index contributed by atoms with van der Waals surface area (Å²) in [7, 11) is 1.93. The molecule has 90 valence electrons. The zero-order chi connectivity index (χ0) is 12.3. The zero-order valence-electron chi connectivity index (χ0n) is 10.5. The summed E-state index contributed by atoms with van der Waals surface area (Å²) in [5.74, 6) is 0.855. The Labute approximate surface area is 102 Å². The highest BCUT2D eigenvalue weighted by atomic mass is 16.5. The molecule has 17 heavy (non-hydrogen) atoms. The van der Waals surface area contributed by atoms with Gasteiger partial charge in [-0.2, -0.15) is 0 Å². The maximum atomic E-state index is 5.75. The lowest BCUT2D eigenvalue weighted by molar-refractivity contribution is 0.245. The number of nitrogens with one attached hydrogen (secondary N) is 1. The van der Waals surface area contributed by atoms with E-state index in [4.69, 9.17) is 4.74 Å². The van der Waals surface area contributed by atoms with Crippen molar-refractivity contribution in [3.05, 3.63) is 36.0 Å². The van der Waals surface area contributed by atoms with E-state index in [-0.39, 0.29) is 6.10 Å². The predicted molar refractivity (Wildman–Crippen MR) is 70.3 cm³/mol. The fraction of sp³-hybridized carbons (Fsp3) is 0.357. The van der Waals surface area contributed by atoms with Crippen LogP contribution in [0.2, 0.25) is 0 Å². The summed E-state index contributed by atoms with van der Waals surface area (Å²) in [5, 5.41) is 4.25. The number of nitrogens with zero attached hydrogens (tertiary/aromatic N) is 1. The molecule has 0 saturated carbocycles. The summed E-state index contributed by atoms with van der Waals surface area (Å²) >= 11 is 0. The number of hydrogen-bond donors (Lipinski definition) is 1. The van der Waals surface area contributed by atoms with Crippen molar-refractivity contribution in [3.63, 3.8) is 0 Å². The second-order valence-electron chi connectivity index (χ2n) is 4.37. The Kier molecular flexibility index (Phi) is 3.59. The highest BCUT2D eigenvalue weighted by molar-refractivity contribution is 5.84. The maximum absolute atomic E-state index is 5.75. The quantitative estimate of drug-likeness (QED) is 0.877. The Morgan fingerprint density at radius 2 is 2.18 bits per heavy atom. The highest BCUT2D eigenvalue weighted by Crippen LogP contribution is 2.24. The molecule has 0 unspecified atom stereocenters. The Morgan fingerprint density at radius 3 is 2.88 bits per heavy atom. The molecule has 3 heteroatoms. The standard InChI is InChI=1S/C14H18N2O/c1-10(2)17-13-6-4-5-12-7-11(8-15-3)9-16-14(12)13/h4-7,9-10,15H,8H2,1-3H3. The second-order valence-corrected chi connectivity index (χ2v) is 4.37. The summed E-state index contributed by atoms with van der Waals surface area (Å²) < 4.78 is 5.75. The molecule has 0 amide bonds. The van der Waals surface area contributed by atoms with Crippen molar-refractivity contribution in [2.75, 3.05) is 7.05 Å². The van der Waals surface area contributed by atoms with E-state index in [0.29, 0.717) is 0 Å². The molecule has 3 nitrogen and oxygen atoms in total. The summed E-state index contributed by atoms with van der Waals surface area (Å²) in [6.07, 6.45) is 2.06. The van der Waals surface area contributed by atoms with Crippen LogP contribution in [0.15, 0.2) is 30.5 Å². The van der Waals surface area contributed by atoms with Crippen LogP contribution in [0.5, 0.6) is 5.75 Å². The first-order chi connectivity index (χ1) is 8.20. The lowest BCUT2D eigenvalue weighted by Crippen LogP contribution is -2.07. The van der Waals surface area contributed by atoms with Crippen LogP contribution >= 0.6 is 0 Å². The lowest BCUT2D eigenvalue weighted by Gasteiger charge is -2.12. The molecule has 2 rings (SSSR count). The van der Waals surface area contributed by atoms with Gasteiger partial charge in [0.25, 0.3) is 0 Å². The van der Waals surface area contributed by atoms with Gasteiger partial charge in [0.2, 0.25) is 0 Å². The largest absolute Gasteiger partial charge is 0.489 e. The topological polar surface area (TPSA) is 34.2 Å². The van der Waals surface area contributed by atoms with Crippen molar-refractivity contribution in [2.24, 2.45) is 0 Å². The van der Waals surface area contributed by atoms with Gasteiger partial charge in [0, 0.05) is 18.1 Å². The van der Waals surface area contributed by atoms with Crippen LogP contribution in [-0.4, -0.2) is 18.1 Å². The molecule has 0 bridgehead atoms. The smallest absolute Gasteiger partial charge is 0.145 e. The maximum Gasteiger partial charge on any atom is 0.145 e. The number of benzene rings is 1. The first kappa shape index (κ1) is 11.9. The van der Waals surface area contributed by atoms with Crippen LogP contribution in [0.25, 0.3) is 10.9 Å². The van der Waals surface area contributed by atoms with Gasteiger partial charge in [-0.05, 0) is 38.6 Å². The summed E-state index contributed by atoms with van der Waals surface area (Å²) in [6, 6.07) is 8.18. The Balaban J connectivity index is 2.43. The Morgan fingerprint density at radius 1 is 1.35 bits per heavy atom. The highest BCUT2D eigenvalue weighted by Gasteiger charge is 2.05. The third-order valence-corrected chi connectivity index (χ3v) is 2.47. The van der Waals surface area contributed by atoms with Gasteiger partial charge < -0.3 is 10.1 Å². The average molecular weight is 230 g/mol. The number of fused-ring (bicyclic) bond motifs is 1. The van der Waals surface area contributed by atoms with Crippen molar-refractivity contribution < 1.29 is 4.74 Å². The molecule has 0 spiro atoms. The van der Waals surface area contributed by atoms with Gasteiger partial charge >= 0.3 is 0 Å². The Hall–Kier alpha value is -1.61. The van der Waals surface area contributed by atoms with Crippen molar-refractivity contribution in [1.82, 2.24) is 10.3 Å². The minimum atomic E-state index is 0.166. The third-order valence-electron chi connectivity index (χ3n) is 2.47.